The van der Waals surface area contributed by atoms with Crippen molar-refractivity contribution in [1.82, 2.24) is 0 Å². The van der Waals surface area contributed by atoms with E-state index in [0.29, 0.717) is 11.4 Å². The number of hydrogen-bond donors (Lipinski definition) is 1. The van der Waals surface area contributed by atoms with Gasteiger partial charge < -0.3 is 4.74 Å². The van der Waals surface area contributed by atoms with Crippen molar-refractivity contribution in [3.8, 4) is 5.75 Å². The van der Waals surface area contributed by atoms with Gasteiger partial charge in [0.15, 0.2) is 0 Å². The molecule has 7 heteroatoms. The minimum atomic E-state index is -3.75. The molecule has 1 aromatic carbocycles. The zero-order valence-electron chi connectivity index (χ0n) is 7.10. The Morgan fingerprint density at radius 3 is 2.36 bits per heavy atom. The molecular weight excluding hydrogens is 224 g/mol. The van der Waals surface area contributed by atoms with Gasteiger partial charge in [0.1, 0.15) is 13.6 Å². The first-order valence-corrected chi connectivity index (χ1v) is 5.97. The van der Waals surface area contributed by atoms with E-state index in [1.807, 2.05) is 0 Å². The summed E-state index contributed by atoms with van der Waals surface area (Å²) < 4.78 is 28.3. The molecule has 1 N–H and O–H groups in total. The van der Waals surface area contributed by atoms with Gasteiger partial charge in [-0.05, 0) is 24.3 Å². The van der Waals surface area contributed by atoms with Gasteiger partial charge in [-0.25, -0.2) is 0 Å². The van der Waals surface area contributed by atoms with E-state index in [0.717, 1.165) is 0 Å². The maximum absolute atomic E-state index is 10.6. The lowest BCUT2D eigenvalue weighted by Gasteiger charge is -2.05. The maximum Gasteiger partial charge on any atom is 0.319 e. The molecule has 14 heavy (non-hydrogen) atoms. The van der Waals surface area contributed by atoms with Crippen molar-refractivity contribution < 1.29 is 13.2 Å². The van der Waals surface area contributed by atoms with Gasteiger partial charge in [-0.1, -0.05) is 0 Å². The predicted molar refractivity (Wildman–Crippen MR) is 56.1 cm³/mol. The molecule has 2 radical (unpaired) electrons. The number of ether oxygens (including phenoxy) is 1. The Morgan fingerprint density at radius 1 is 1.36 bits per heavy atom. The molecule has 0 aliphatic carbocycles. The molecule has 0 spiro atoms. The summed E-state index contributed by atoms with van der Waals surface area (Å²) >= 11 is 0. The normalized spacial score (nSPS) is 10.9. The zero-order valence-corrected chi connectivity index (χ0v) is 8.68. The second-order valence-corrected chi connectivity index (χ2v) is 4.67. The third-order valence-corrected chi connectivity index (χ3v) is 2.06. The van der Waals surface area contributed by atoms with Crippen LogP contribution in [0.25, 0.3) is 0 Å². The van der Waals surface area contributed by atoms with Crippen LogP contribution in [0.2, 0.25) is 0 Å². The van der Waals surface area contributed by atoms with Crippen LogP contribution in [0.5, 0.6) is 5.75 Å². The van der Waals surface area contributed by atoms with Crippen LogP contribution >= 0.6 is 10.7 Å². The fourth-order valence-corrected chi connectivity index (χ4v) is 1.54. The van der Waals surface area contributed by atoms with Gasteiger partial charge in [0.05, 0.1) is 0 Å². The predicted octanol–water partition coefficient (Wildman–Crippen LogP) is 1.09. The third kappa shape index (κ3) is 3.89. The SMILES string of the molecule is [B]COc1ccc(NS(=O)(=O)Cl)cc1. The van der Waals surface area contributed by atoms with E-state index in [1.54, 1.807) is 12.1 Å². The van der Waals surface area contributed by atoms with Crippen LogP contribution in [0.4, 0.5) is 5.69 Å². The first-order chi connectivity index (χ1) is 6.51. The van der Waals surface area contributed by atoms with Gasteiger partial charge in [-0.15, -0.1) is 0 Å². The van der Waals surface area contributed by atoms with Gasteiger partial charge in [-0.3, -0.25) is 4.72 Å². The zero-order chi connectivity index (χ0) is 10.6. The molecule has 0 saturated heterocycles. The summed E-state index contributed by atoms with van der Waals surface area (Å²) in [6.07, 6.45) is 0. The van der Waals surface area contributed by atoms with E-state index in [4.69, 9.17) is 23.3 Å². The summed E-state index contributed by atoms with van der Waals surface area (Å²) in [6, 6.07) is 6.20. The number of anilines is 1. The summed E-state index contributed by atoms with van der Waals surface area (Å²) in [5.41, 5.74) is 0.365. The lowest BCUT2D eigenvalue weighted by Crippen LogP contribution is -2.04. The fraction of sp³-hybridized carbons (Fsp3) is 0.143. The minimum absolute atomic E-state index is 0.0700. The van der Waals surface area contributed by atoms with Crippen molar-refractivity contribution in [3.05, 3.63) is 24.3 Å². The van der Waals surface area contributed by atoms with Gasteiger partial charge in [0.25, 0.3) is 0 Å². The second-order valence-electron chi connectivity index (χ2n) is 2.38. The van der Waals surface area contributed by atoms with E-state index >= 15 is 0 Å². The number of halogens is 1. The summed E-state index contributed by atoms with van der Waals surface area (Å²) in [6.45, 7) is 0.0700. The van der Waals surface area contributed by atoms with E-state index in [9.17, 15) is 8.42 Å². The largest absolute Gasteiger partial charge is 0.504 e. The molecule has 0 heterocycles. The van der Waals surface area contributed by atoms with Crippen molar-refractivity contribution >= 4 is 33.5 Å². The first kappa shape index (κ1) is 11.2. The summed E-state index contributed by atoms with van der Waals surface area (Å²) in [4.78, 5) is 0. The van der Waals surface area contributed by atoms with Crippen LogP contribution in [0, 0.1) is 0 Å². The van der Waals surface area contributed by atoms with Crippen LogP contribution in [-0.2, 0) is 9.24 Å². The Hall–Kier alpha value is -0.875. The number of hydrogen-bond acceptors (Lipinski definition) is 3. The van der Waals surface area contributed by atoms with Crippen LogP contribution in [0.1, 0.15) is 0 Å². The highest BCUT2D eigenvalue weighted by molar-refractivity contribution is 8.14. The molecule has 0 saturated carbocycles. The fourth-order valence-electron chi connectivity index (χ4n) is 0.856. The summed E-state index contributed by atoms with van der Waals surface area (Å²) in [5.74, 6) is 0.560. The Labute approximate surface area is 88.2 Å². The third-order valence-electron chi connectivity index (χ3n) is 1.34. The van der Waals surface area contributed by atoms with E-state index in [1.165, 1.54) is 12.1 Å². The molecule has 1 rings (SSSR count). The lowest BCUT2D eigenvalue weighted by atomic mass is 10.2. The van der Waals surface area contributed by atoms with E-state index in [2.05, 4.69) is 4.72 Å². The summed E-state index contributed by atoms with van der Waals surface area (Å²) in [7, 11) is 6.38. The molecule has 1 aromatic rings. The standard InChI is InChI=1S/C7H7BClNO3S/c8-5-13-7-3-1-6(2-4-7)10-14(9,11)12/h1-4,10H,5H2. The maximum atomic E-state index is 10.6. The molecule has 0 fully saturated rings. The van der Waals surface area contributed by atoms with Gasteiger partial charge in [0.2, 0.25) is 0 Å². The van der Waals surface area contributed by atoms with E-state index in [-0.39, 0.29) is 6.51 Å². The van der Waals surface area contributed by atoms with Crippen molar-refractivity contribution in [3.63, 3.8) is 0 Å². The van der Waals surface area contributed by atoms with Crippen LogP contribution < -0.4 is 9.46 Å². The molecule has 0 aliphatic heterocycles. The van der Waals surface area contributed by atoms with Gasteiger partial charge >= 0.3 is 9.24 Å². The molecular formula is C7H7BClNO3S. The quantitative estimate of drug-likeness (QED) is 0.623. The number of nitrogens with one attached hydrogen (secondary N) is 1. The molecule has 0 unspecified atom stereocenters. The second kappa shape index (κ2) is 4.57. The topological polar surface area (TPSA) is 55.4 Å². The molecule has 0 atom stereocenters. The smallest absolute Gasteiger partial charge is 0.319 e. The van der Waals surface area contributed by atoms with Crippen LogP contribution in [0.3, 0.4) is 0 Å². The Balaban J connectivity index is 2.74. The Morgan fingerprint density at radius 2 is 1.93 bits per heavy atom. The average Bonchev–Trinajstić information content (AvgIpc) is 2.06. The van der Waals surface area contributed by atoms with Crippen molar-refractivity contribution in [2.24, 2.45) is 0 Å². The van der Waals surface area contributed by atoms with Crippen LogP contribution in [-0.4, -0.2) is 22.8 Å². The molecule has 4 nitrogen and oxygen atoms in total. The first-order valence-electron chi connectivity index (χ1n) is 3.66. The Bertz CT molecular complexity index is 392. The summed E-state index contributed by atoms with van der Waals surface area (Å²) in [5, 5.41) is 0. The van der Waals surface area contributed by atoms with Crippen molar-refractivity contribution in [2.75, 3.05) is 11.2 Å². The van der Waals surface area contributed by atoms with Crippen molar-refractivity contribution in [2.45, 2.75) is 0 Å². The Kier molecular flexibility index (Phi) is 3.65. The average molecular weight is 231 g/mol. The monoisotopic (exact) mass is 231 g/mol. The highest BCUT2D eigenvalue weighted by Crippen LogP contribution is 2.17. The highest BCUT2D eigenvalue weighted by atomic mass is 35.7. The van der Waals surface area contributed by atoms with Crippen LogP contribution in [0.15, 0.2) is 24.3 Å². The highest BCUT2D eigenvalue weighted by Gasteiger charge is 2.03. The molecule has 0 aromatic heterocycles. The van der Waals surface area contributed by atoms with Gasteiger partial charge in [-0.2, -0.15) is 8.42 Å². The number of benzene rings is 1. The molecule has 74 valence electrons. The van der Waals surface area contributed by atoms with E-state index < -0.39 is 9.24 Å². The molecule has 0 bridgehead atoms. The van der Waals surface area contributed by atoms with Gasteiger partial charge in [0, 0.05) is 22.9 Å². The number of rotatable bonds is 4. The molecule has 0 aliphatic rings. The molecule has 0 amide bonds. The lowest BCUT2D eigenvalue weighted by molar-refractivity contribution is 0.387. The van der Waals surface area contributed by atoms with Crippen molar-refractivity contribution in [1.29, 1.82) is 0 Å². The minimum Gasteiger partial charge on any atom is -0.504 e.